The Morgan fingerprint density at radius 3 is 2.81 bits per heavy atom. The Kier molecular flexibility index (Phi) is 6.43. The number of pyridine rings is 1. The Morgan fingerprint density at radius 1 is 1.16 bits per heavy atom. The van der Waals surface area contributed by atoms with Crippen LogP contribution in [0.4, 0.5) is 4.39 Å². The quantitative estimate of drug-likeness (QED) is 0.267. The molecule has 1 fully saturated rings. The molecule has 1 aliphatic carbocycles. The van der Waals surface area contributed by atoms with Crippen LogP contribution in [-0.4, -0.2) is 41.7 Å². The number of aromatic amines is 1. The molecule has 11 heteroatoms. The lowest BCUT2D eigenvalue weighted by atomic mass is 10.0. The molecule has 0 radical (unpaired) electrons. The number of nitrogens with zero attached hydrogens (tertiary/aromatic N) is 5. The molecule has 6 rings (SSSR count). The predicted octanol–water partition coefficient (Wildman–Crippen LogP) is 6.04. The Bertz CT molecular complexity index is 1560. The van der Waals surface area contributed by atoms with E-state index in [2.05, 4.69) is 30.0 Å². The van der Waals surface area contributed by atoms with Crippen molar-refractivity contribution in [2.75, 3.05) is 0 Å². The van der Waals surface area contributed by atoms with Crippen LogP contribution in [0.2, 0.25) is 4.34 Å². The number of halogens is 2. The summed E-state index contributed by atoms with van der Waals surface area (Å²) in [6, 6.07) is 12.0. The van der Waals surface area contributed by atoms with E-state index in [1.54, 1.807) is 30.5 Å². The first-order valence-corrected chi connectivity index (χ1v) is 13.3. The molecule has 2 N–H and O–H groups in total. The number of aromatic nitrogens is 6. The highest BCUT2D eigenvalue weighted by molar-refractivity contribution is 7.18. The Labute approximate surface area is 220 Å². The fraction of sp³-hybridized carbons (Fsp3) is 0.269. The highest BCUT2D eigenvalue weighted by Gasteiger charge is 2.28. The first kappa shape index (κ1) is 23.7. The summed E-state index contributed by atoms with van der Waals surface area (Å²) in [5, 5.41) is 9.99. The van der Waals surface area contributed by atoms with Gasteiger partial charge in [-0.25, -0.2) is 14.4 Å². The summed E-state index contributed by atoms with van der Waals surface area (Å²) >= 11 is 7.31. The van der Waals surface area contributed by atoms with Crippen LogP contribution in [0.25, 0.3) is 33.9 Å². The number of carbonyl (C=O) groups excluding carboxylic acids is 1. The van der Waals surface area contributed by atoms with Crippen molar-refractivity contribution in [3.63, 3.8) is 0 Å². The van der Waals surface area contributed by atoms with Crippen molar-refractivity contribution in [3.05, 3.63) is 70.0 Å². The molecule has 4 heterocycles. The highest BCUT2D eigenvalue weighted by atomic mass is 35.5. The number of H-pyrrole nitrogens is 1. The van der Waals surface area contributed by atoms with E-state index in [1.165, 1.54) is 23.7 Å². The molecular formula is C26H23ClFN7OS. The first-order chi connectivity index (χ1) is 18.1. The molecule has 5 aromatic rings. The van der Waals surface area contributed by atoms with Gasteiger partial charge >= 0.3 is 0 Å². The maximum Gasteiger partial charge on any atom is 0.261 e. The van der Waals surface area contributed by atoms with Gasteiger partial charge in [0.2, 0.25) is 0 Å². The number of amides is 1. The summed E-state index contributed by atoms with van der Waals surface area (Å²) in [5.41, 5.74) is 2.55. The second kappa shape index (κ2) is 10.0. The van der Waals surface area contributed by atoms with Gasteiger partial charge in [-0.05, 0) is 49.6 Å². The van der Waals surface area contributed by atoms with Gasteiger partial charge in [0, 0.05) is 12.1 Å². The maximum atomic E-state index is 15.0. The van der Waals surface area contributed by atoms with Gasteiger partial charge in [0.1, 0.15) is 29.2 Å². The zero-order valence-corrected chi connectivity index (χ0v) is 21.3. The molecule has 0 saturated heterocycles. The lowest BCUT2D eigenvalue weighted by Gasteiger charge is -2.24. The molecule has 37 heavy (non-hydrogen) atoms. The minimum absolute atomic E-state index is 0.00990. The number of nitrogens with one attached hydrogen (secondary N) is 2. The molecule has 2 unspecified atom stereocenters. The van der Waals surface area contributed by atoms with Crippen LogP contribution >= 0.6 is 22.9 Å². The zero-order chi connectivity index (χ0) is 25.4. The fourth-order valence-corrected chi connectivity index (χ4v) is 6.00. The van der Waals surface area contributed by atoms with Crippen molar-refractivity contribution >= 4 is 39.9 Å². The summed E-state index contributed by atoms with van der Waals surface area (Å²) in [7, 11) is 0. The minimum Gasteiger partial charge on any atom is -0.349 e. The van der Waals surface area contributed by atoms with E-state index < -0.39 is 0 Å². The first-order valence-electron chi connectivity index (χ1n) is 12.1. The standard InChI is InChI=1S/C26H23ClFN7OS/c27-23-10-9-22(37-23)26(36)32-15-5-1-2-6-16(11-15)35-21-12-19(24-30-14-31-34-24)29-13-20(21)33-25(35)17-7-3-4-8-18(17)28/h3-4,7-10,12-16H,1-2,5-6,11H2,(H,32,36)(H,30,31,34). The molecular weight excluding hydrogens is 513 g/mol. The average molecular weight is 536 g/mol. The monoisotopic (exact) mass is 535 g/mol. The average Bonchev–Trinajstić information content (AvgIpc) is 3.62. The van der Waals surface area contributed by atoms with E-state index in [0.717, 1.165) is 31.2 Å². The summed E-state index contributed by atoms with van der Waals surface area (Å²) < 4.78 is 17.7. The van der Waals surface area contributed by atoms with Gasteiger partial charge in [-0.3, -0.25) is 14.9 Å². The van der Waals surface area contributed by atoms with Crippen LogP contribution in [0.3, 0.4) is 0 Å². The SMILES string of the molecule is O=C(NC1CCCCC(n2c(-c3ccccc3F)nc3cnc(-c4ncn[nH]4)cc32)C1)c1ccc(Cl)s1. The lowest BCUT2D eigenvalue weighted by Crippen LogP contribution is -2.35. The van der Waals surface area contributed by atoms with Crippen molar-refractivity contribution in [3.8, 4) is 22.9 Å². The normalized spacial score (nSPS) is 18.1. The van der Waals surface area contributed by atoms with E-state index >= 15 is 4.39 Å². The van der Waals surface area contributed by atoms with Crippen LogP contribution < -0.4 is 5.32 Å². The minimum atomic E-state index is -0.337. The number of thiophene rings is 1. The summed E-state index contributed by atoms with van der Waals surface area (Å²) in [6.07, 6.45) is 7.53. The molecule has 8 nitrogen and oxygen atoms in total. The van der Waals surface area contributed by atoms with E-state index in [9.17, 15) is 4.79 Å². The largest absolute Gasteiger partial charge is 0.349 e. The summed E-state index contributed by atoms with van der Waals surface area (Å²) in [5.74, 6) is 0.633. The van der Waals surface area contributed by atoms with Gasteiger partial charge in [-0.2, -0.15) is 5.10 Å². The molecule has 188 valence electrons. The Balaban J connectivity index is 1.42. The van der Waals surface area contributed by atoms with Crippen molar-refractivity contribution in [1.29, 1.82) is 0 Å². The highest BCUT2D eigenvalue weighted by Crippen LogP contribution is 2.37. The predicted molar refractivity (Wildman–Crippen MR) is 141 cm³/mol. The fourth-order valence-electron chi connectivity index (χ4n) is 5.05. The molecule has 2 atom stereocenters. The van der Waals surface area contributed by atoms with Crippen molar-refractivity contribution in [2.24, 2.45) is 0 Å². The number of fused-ring (bicyclic) bond motifs is 1. The van der Waals surface area contributed by atoms with Crippen LogP contribution in [0.15, 0.2) is 55.0 Å². The third-order valence-corrected chi connectivity index (χ3v) is 7.97. The zero-order valence-electron chi connectivity index (χ0n) is 19.7. The Hall–Kier alpha value is -3.63. The maximum absolute atomic E-state index is 15.0. The smallest absolute Gasteiger partial charge is 0.261 e. The number of hydrogen-bond acceptors (Lipinski definition) is 6. The van der Waals surface area contributed by atoms with Crippen LogP contribution in [0.5, 0.6) is 0 Å². The van der Waals surface area contributed by atoms with Crippen LogP contribution in [-0.2, 0) is 0 Å². The third kappa shape index (κ3) is 4.74. The number of rotatable bonds is 5. The van der Waals surface area contributed by atoms with E-state index in [4.69, 9.17) is 16.6 Å². The second-order valence-electron chi connectivity index (χ2n) is 9.13. The van der Waals surface area contributed by atoms with Crippen molar-refractivity contribution in [2.45, 2.75) is 44.2 Å². The van der Waals surface area contributed by atoms with E-state index in [0.29, 0.717) is 44.1 Å². The topological polar surface area (TPSA) is 101 Å². The second-order valence-corrected chi connectivity index (χ2v) is 10.8. The summed E-state index contributed by atoms with van der Waals surface area (Å²) in [6.45, 7) is 0. The van der Waals surface area contributed by atoms with Gasteiger partial charge in [0.05, 0.1) is 26.5 Å². The van der Waals surface area contributed by atoms with Crippen molar-refractivity contribution < 1.29 is 9.18 Å². The third-order valence-electron chi connectivity index (χ3n) is 6.74. The van der Waals surface area contributed by atoms with Crippen LogP contribution in [0.1, 0.15) is 47.8 Å². The molecule has 1 saturated carbocycles. The number of imidazole rings is 1. The molecule has 0 aliphatic heterocycles. The summed E-state index contributed by atoms with van der Waals surface area (Å²) in [4.78, 5) is 27.0. The van der Waals surface area contributed by atoms with E-state index in [-0.39, 0.29) is 23.8 Å². The molecule has 4 aromatic heterocycles. The van der Waals surface area contributed by atoms with Gasteiger partial charge in [0.25, 0.3) is 5.91 Å². The molecule has 0 bridgehead atoms. The lowest BCUT2D eigenvalue weighted by molar-refractivity contribution is 0.0935. The van der Waals surface area contributed by atoms with Gasteiger partial charge in [0.15, 0.2) is 5.82 Å². The Morgan fingerprint density at radius 2 is 2.03 bits per heavy atom. The van der Waals surface area contributed by atoms with Gasteiger partial charge in [-0.15, -0.1) is 11.3 Å². The van der Waals surface area contributed by atoms with Crippen LogP contribution in [0, 0.1) is 5.82 Å². The molecule has 1 aromatic carbocycles. The number of benzene rings is 1. The van der Waals surface area contributed by atoms with E-state index in [1.807, 2.05) is 12.1 Å². The molecule has 1 amide bonds. The number of hydrogen-bond donors (Lipinski definition) is 2. The number of carbonyl (C=O) groups is 1. The molecule has 1 aliphatic rings. The molecule has 0 spiro atoms. The van der Waals surface area contributed by atoms with Gasteiger partial charge in [-0.1, -0.05) is 36.6 Å². The van der Waals surface area contributed by atoms with Gasteiger partial charge < -0.3 is 9.88 Å². The van der Waals surface area contributed by atoms with Crippen molar-refractivity contribution in [1.82, 2.24) is 35.0 Å².